The quantitative estimate of drug-likeness (QED) is 0.756. The van der Waals surface area contributed by atoms with Crippen molar-refractivity contribution in [2.75, 3.05) is 12.5 Å². The summed E-state index contributed by atoms with van der Waals surface area (Å²) in [6.45, 7) is 1.41. The first kappa shape index (κ1) is 14.8. The Balaban J connectivity index is 1.76. The monoisotopic (exact) mass is 310 g/mol. The van der Waals surface area contributed by atoms with E-state index in [1.807, 2.05) is 0 Å². The number of fused-ring (bicyclic) bond motifs is 1. The van der Waals surface area contributed by atoms with Gasteiger partial charge < -0.3 is 9.30 Å². The highest BCUT2D eigenvalue weighted by atomic mass is 35.5. The first-order chi connectivity index (χ1) is 10.3. The summed E-state index contributed by atoms with van der Waals surface area (Å²) in [5.41, 5.74) is 1.64. The van der Waals surface area contributed by atoms with Crippen molar-refractivity contribution >= 4 is 22.6 Å². The molecular weight excluding hydrogens is 291 g/mol. The van der Waals surface area contributed by atoms with Crippen molar-refractivity contribution in [2.24, 2.45) is 0 Å². The molecule has 1 aliphatic rings. The van der Waals surface area contributed by atoms with Gasteiger partial charge in [-0.05, 0) is 25.0 Å². The highest BCUT2D eigenvalue weighted by Gasteiger charge is 2.16. The van der Waals surface area contributed by atoms with Crippen molar-refractivity contribution in [2.45, 2.75) is 44.8 Å². The van der Waals surface area contributed by atoms with Gasteiger partial charge in [-0.2, -0.15) is 0 Å². The SMILES string of the molecule is Fc1ccc2c(c1)nc(CCCl)n2CCOC1CCCC1. The maximum absolute atomic E-state index is 13.3. The van der Waals surface area contributed by atoms with Crippen LogP contribution in [0.4, 0.5) is 4.39 Å². The molecule has 114 valence electrons. The lowest BCUT2D eigenvalue weighted by Gasteiger charge is -2.13. The zero-order valence-corrected chi connectivity index (χ0v) is 12.8. The standard InChI is InChI=1S/C16H20ClFN2O/c17-8-7-16-19-14-11-12(18)5-6-15(14)20(16)9-10-21-13-3-1-2-4-13/h5-6,11,13H,1-4,7-10H2. The van der Waals surface area contributed by atoms with Gasteiger partial charge in [0.25, 0.3) is 0 Å². The Bertz CT molecular complexity index is 608. The van der Waals surface area contributed by atoms with Crippen molar-refractivity contribution in [3.8, 4) is 0 Å². The number of halogens is 2. The number of hydrogen-bond acceptors (Lipinski definition) is 2. The van der Waals surface area contributed by atoms with E-state index in [2.05, 4.69) is 9.55 Å². The second-order valence-corrected chi connectivity index (χ2v) is 5.91. The molecule has 0 spiro atoms. The van der Waals surface area contributed by atoms with Crippen molar-refractivity contribution in [3.05, 3.63) is 29.8 Å². The molecule has 0 amide bonds. The van der Waals surface area contributed by atoms with Gasteiger partial charge in [0.1, 0.15) is 11.6 Å². The van der Waals surface area contributed by atoms with Gasteiger partial charge in [-0.1, -0.05) is 12.8 Å². The van der Waals surface area contributed by atoms with Gasteiger partial charge in [-0.3, -0.25) is 0 Å². The molecule has 3 nitrogen and oxygen atoms in total. The number of nitrogens with zero attached hydrogens (tertiary/aromatic N) is 2. The fourth-order valence-electron chi connectivity index (χ4n) is 3.04. The fraction of sp³-hybridized carbons (Fsp3) is 0.562. The molecule has 1 aromatic carbocycles. The smallest absolute Gasteiger partial charge is 0.125 e. The van der Waals surface area contributed by atoms with Crippen LogP contribution < -0.4 is 0 Å². The molecular formula is C16H20ClFN2O. The van der Waals surface area contributed by atoms with Crippen LogP contribution in [0, 0.1) is 5.82 Å². The van der Waals surface area contributed by atoms with Crippen LogP contribution >= 0.6 is 11.6 Å². The first-order valence-electron chi connectivity index (χ1n) is 7.60. The average molecular weight is 311 g/mol. The average Bonchev–Trinajstić information content (AvgIpc) is 3.08. The molecule has 0 unspecified atom stereocenters. The second kappa shape index (κ2) is 6.75. The van der Waals surface area contributed by atoms with E-state index < -0.39 is 0 Å². The van der Waals surface area contributed by atoms with Gasteiger partial charge in [0, 0.05) is 24.9 Å². The second-order valence-electron chi connectivity index (χ2n) is 5.53. The van der Waals surface area contributed by atoms with E-state index in [0.717, 1.165) is 17.9 Å². The van der Waals surface area contributed by atoms with Crippen molar-refractivity contribution in [1.82, 2.24) is 9.55 Å². The molecule has 0 aliphatic heterocycles. The number of benzene rings is 1. The van der Waals surface area contributed by atoms with E-state index in [4.69, 9.17) is 16.3 Å². The maximum Gasteiger partial charge on any atom is 0.125 e. The van der Waals surface area contributed by atoms with Crippen LogP contribution in [0.15, 0.2) is 18.2 Å². The Morgan fingerprint density at radius 1 is 1.33 bits per heavy atom. The van der Waals surface area contributed by atoms with E-state index in [1.54, 1.807) is 6.07 Å². The Morgan fingerprint density at radius 3 is 2.90 bits per heavy atom. The molecule has 1 heterocycles. The Labute approximate surface area is 129 Å². The Kier molecular flexibility index (Phi) is 4.76. The molecule has 5 heteroatoms. The molecule has 1 aliphatic carbocycles. The predicted molar refractivity (Wildman–Crippen MR) is 82.3 cm³/mol. The number of rotatable bonds is 6. The molecule has 1 saturated carbocycles. The summed E-state index contributed by atoms with van der Waals surface area (Å²) in [5, 5.41) is 0. The molecule has 3 rings (SSSR count). The summed E-state index contributed by atoms with van der Waals surface area (Å²) < 4.78 is 21.3. The zero-order valence-electron chi connectivity index (χ0n) is 12.0. The van der Waals surface area contributed by atoms with Gasteiger partial charge in [0.2, 0.25) is 0 Å². The van der Waals surface area contributed by atoms with Crippen molar-refractivity contribution in [3.63, 3.8) is 0 Å². The molecule has 0 bridgehead atoms. The summed E-state index contributed by atoms with van der Waals surface area (Å²) >= 11 is 5.85. The van der Waals surface area contributed by atoms with Crippen molar-refractivity contribution in [1.29, 1.82) is 0 Å². The van der Waals surface area contributed by atoms with Gasteiger partial charge in [0.15, 0.2) is 0 Å². The summed E-state index contributed by atoms with van der Waals surface area (Å²) in [6.07, 6.45) is 5.98. The topological polar surface area (TPSA) is 27.1 Å². The molecule has 0 atom stereocenters. The largest absolute Gasteiger partial charge is 0.376 e. The molecule has 21 heavy (non-hydrogen) atoms. The van der Waals surface area contributed by atoms with Gasteiger partial charge in [-0.25, -0.2) is 9.37 Å². The minimum atomic E-state index is -0.258. The zero-order chi connectivity index (χ0) is 14.7. The number of ether oxygens (including phenoxy) is 1. The number of aromatic nitrogens is 2. The minimum Gasteiger partial charge on any atom is -0.376 e. The molecule has 1 aromatic heterocycles. The van der Waals surface area contributed by atoms with E-state index in [1.165, 1.54) is 37.8 Å². The molecule has 0 saturated heterocycles. The Morgan fingerprint density at radius 2 is 2.14 bits per heavy atom. The maximum atomic E-state index is 13.3. The van der Waals surface area contributed by atoms with Crippen LogP contribution in [0.1, 0.15) is 31.5 Å². The molecule has 0 radical (unpaired) electrons. The van der Waals surface area contributed by atoms with Crippen LogP contribution in [-0.4, -0.2) is 28.1 Å². The lowest BCUT2D eigenvalue weighted by molar-refractivity contribution is 0.0531. The summed E-state index contributed by atoms with van der Waals surface area (Å²) in [6, 6.07) is 4.73. The first-order valence-corrected chi connectivity index (χ1v) is 8.13. The van der Waals surface area contributed by atoms with Crippen LogP contribution in [0.2, 0.25) is 0 Å². The Hall–Kier alpha value is -1.13. The predicted octanol–water partition coefficient (Wildman–Crippen LogP) is 3.92. The molecule has 1 fully saturated rings. The third-order valence-electron chi connectivity index (χ3n) is 4.08. The summed E-state index contributed by atoms with van der Waals surface area (Å²) in [4.78, 5) is 4.50. The third-order valence-corrected chi connectivity index (χ3v) is 4.27. The van der Waals surface area contributed by atoms with E-state index in [0.29, 0.717) is 30.5 Å². The van der Waals surface area contributed by atoms with Gasteiger partial charge in [0.05, 0.1) is 23.7 Å². The number of hydrogen-bond donors (Lipinski definition) is 0. The lowest BCUT2D eigenvalue weighted by atomic mass is 10.3. The van der Waals surface area contributed by atoms with Crippen LogP contribution in [0.25, 0.3) is 11.0 Å². The molecule has 2 aromatic rings. The van der Waals surface area contributed by atoms with E-state index in [-0.39, 0.29) is 5.82 Å². The van der Waals surface area contributed by atoms with E-state index >= 15 is 0 Å². The summed E-state index contributed by atoms with van der Waals surface area (Å²) in [5.74, 6) is 1.15. The summed E-state index contributed by atoms with van der Waals surface area (Å²) in [7, 11) is 0. The number of imidazole rings is 1. The fourth-order valence-corrected chi connectivity index (χ4v) is 3.21. The van der Waals surface area contributed by atoms with Gasteiger partial charge >= 0.3 is 0 Å². The van der Waals surface area contributed by atoms with Crippen LogP contribution in [0.5, 0.6) is 0 Å². The third kappa shape index (κ3) is 3.38. The molecule has 0 N–H and O–H groups in total. The highest BCUT2D eigenvalue weighted by Crippen LogP contribution is 2.22. The van der Waals surface area contributed by atoms with Crippen LogP contribution in [0.3, 0.4) is 0 Å². The highest BCUT2D eigenvalue weighted by molar-refractivity contribution is 6.17. The minimum absolute atomic E-state index is 0.258. The normalized spacial score (nSPS) is 16.1. The lowest BCUT2D eigenvalue weighted by Crippen LogP contribution is -2.15. The number of aryl methyl sites for hydroxylation is 1. The number of alkyl halides is 1. The van der Waals surface area contributed by atoms with Crippen molar-refractivity contribution < 1.29 is 9.13 Å². The van der Waals surface area contributed by atoms with Gasteiger partial charge in [-0.15, -0.1) is 11.6 Å². The van der Waals surface area contributed by atoms with E-state index in [9.17, 15) is 4.39 Å². The van der Waals surface area contributed by atoms with Crippen LogP contribution in [-0.2, 0) is 17.7 Å².